The van der Waals surface area contributed by atoms with Crippen LogP contribution in [0.2, 0.25) is 5.02 Å². The molecule has 224 valence electrons. The predicted molar refractivity (Wildman–Crippen MR) is 152 cm³/mol. The smallest absolute Gasteiger partial charge is 0.338 e. The van der Waals surface area contributed by atoms with Crippen LogP contribution in [0, 0.1) is 5.82 Å². The normalized spacial score (nSPS) is 22.6. The summed E-state index contributed by atoms with van der Waals surface area (Å²) >= 11 is 5.89. The summed E-state index contributed by atoms with van der Waals surface area (Å²) in [6.07, 6.45) is 3.14. The summed E-state index contributed by atoms with van der Waals surface area (Å²) < 4.78 is 42.0. The highest BCUT2D eigenvalue weighted by Crippen LogP contribution is 2.39. The van der Waals surface area contributed by atoms with Crippen molar-refractivity contribution in [1.82, 2.24) is 9.80 Å². The van der Waals surface area contributed by atoms with Gasteiger partial charge in [0, 0.05) is 26.2 Å². The number of methoxy groups -OCH3 is 2. The van der Waals surface area contributed by atoms with E-state index in [1.54, 1.807) is 12.1 Å². The quantitative estimate of drug-likeness (QED) is 0.463. The van der Waals surface area contributed by atoms with E-state index in [-0.39, 0.29) is 23.3 Å². The lowest BCUT2D eigenvalue weighted by molar-refractivity contribution is 0.0221. The lowest BCUT2D eigenvalue weighted by Crippen LogP contribution is -2.34. The lowest BCUT2D eigenvalue weighted by atomic mass is 10.1. The Bertz CT molecular complexity index is 1200. The molecule has 0 radical (unpaired) electrons. The summed E-state index contributed by atoms with van der Waals surface area (Å²) in [6.45, 7) is 5.97. The molecule has 1 fully saturated rings. The molecule has 2 heterocycles. The van der Waals surface area contributed by atoms with E-state index in [9.17, 15) is 14.0 Å². The van der Waals surface area contributed by atoms with Gasteiger partial charge in [-0.05, 0) is 75.5 Å². The fourth-order valence-electron chi connectivity index (χ4n) is 5.09. The van der Waals surface area contributed by atoms with Gasteiger partial charge in [0.05, 0.1) is 43.6 Å². The Morgan fingerprint density at radius 3 is 2.37 bits per heavy atom. The Hall–Kier alpha value is -3.08. The highest BCUT2D eigenvalue weighted by Gasteiger charge is 2.22. The largest absolute Gasteiger partial charge is 0.493 e. The first-order chi connectivity index (χ1) is 19.9. The van der Waals surface area contributed by atoms with Gasteiger partial charge in [0.1, 0.15) is 11.9 Å². The molecule has 9 nitrogen and oxygen atoms in total. The van der Waals surface area contributed by atoms with Gasteiger partial charge in [-0.1, -0.05) is 11.6 Å². The van der Waals surface area contributed by atoms with Crippen LogP contribution in [0.5, 0.6) is 17.2 Å². The van der Waals surface area contributed by atoms with Crippen molar-refractivity contribution in [2.75, 3.05) is 66.7 Å². The molecule has 1 saturated heterocycles. The molecule has 2 aromatic carbocycles. The first kappa shape index (κ1) is 30.9. The second-order valence-corrected chi connectivity index (χ2v) is 10.6. The van der Waals surface area contributed by atoms with E-state index in [1.807, 2.05) is 0 Å². The van der Waals surface area contributed by atoms with E-state index in [4.69, 9.17) is 35.3 Å². The molecule has 0 amide bonds. The van der Waals surface area contributed by atoms with E-state index in [1.165, 1.54) is 26.4 Å². The van der Waals surface area contributed by atoms with Crippen molar-refractivity contribution in [3.05, 3.63) is 52.3 Å². The molecular weight excluding hydrogens is 555 g/mol. The summed E-state index contributed by atoms with van der Waals surface area (Å²) in [5, 5.41) is -0.127. The van der Waals surface area contributed by atoms with Crippen LogP contribution in [-0.2, 0) is 9.47 Å². The minimum absolute atomic E-state index is 0.127. The second-order valence-electron chi connectivity index (χ2n) is 10.2. The van der Waals surface area contributed by atoms with E-state index in [0.717, 1.165) is 58.2 Å². The van der Waals surface area contributed by atoms with Crippen molar-refractivity contribution in [2.24, 2.45) is 0 Å². The zero-order chi connectivity index (χ0) is 29.2. The molecular formula is C30H38ClFN2O7. The molecule has 2 aliphatic heterocycles. The van der Waals surface area contributed by atoms with E-state index in [2.05, 4.69) is 9.80 Å². The number of halogens is 2. The van der Waals surface area contributed by atoms with Crippen LogP contribution in [0.15, 0.2) is 30.3 Å². The fourth-order valence-corrected chi connectivity index (χ4v) is 5.27. The highest BCUT2D eigenvalue weighted by molar-refractivity contribution is 6.31. The number of fused-ring (bicyclic) bond motifs is 5. The third-order valence-electron chi connectivity index (χ3n) is 7.34. The van der Waals surface area contributed by atoms with Crippen molar-refractivity contribution in [2.45, 2.75) is 38.2 Å². The molecule has 0 aromatic heterocycles. The van der Waals surface area contributed by atoms with Gasteiger partial charge >= 0.3 is 11.9 Å². The molecule has 3 unspecified atom stereocenters. The van der Waals surface area contributed by atoms with Crippen molar-refractivity contribution in [3.63, 3.8) is 0 Å². The molecule has 4 bridgehead atoms. The number of hydrogen-bond acceptors (Lipinski definition) is 9. The molecule has 0 saturated carbocycles. The summed E-state index contributed by atoms with van der Waals surface area (Å²) in [5.74, 6) is -0.495. The van der Waals surface area contributed by atoms with Crippen LogP contribution >= 0.6 is 11.6 Å². The zero-order valence-electron chi connectivity index (χ0n) is 23.7. The SMILES string of the molecule is COc1cc2cc(c1OC)OCCCC(OC(=O)c1ccc(F)c(Cl)c1)CCN1CCCN(CCCOC2=O)CC1. The Morgan fingerprint density at radius 2 is 1.63 bits per heavy atom. The second kappa shape index (κ2) is 15.2. The van der Waals surface area contributed by atoms with Gasteiger partial charge in [-0.15, -0.1) is 0 Å². The number of cyclic esters (lactones) is 1. The number of rotatable bonds is 4. The van der Waals surface area contributed by atoms with E-state index < -0.39 is 17.8 Å². The summed E-state index contributed by atoms with van der Waals surface area (Å²) in [5.41, 5.74) is 0.514. The number of ether oxygens (including phenoxy) is 5. The number of carbonyl (C=O) groups is 2. The van der Waals surface area contributed by atoms with Crippen LogP contribution < -0.4 is 14.2 Å². The monoisotopic (exact) mass is 592 g/mol. The molecule has 4 rings (SSSR count). The number of esters is 2. The number of benzene rings is 2. The number of nitrogens with zero attached hydrogens (tertiary/aromatic N) is 2. The molecule has 0 aliphatic carbocycles. The molecule has 11 heteroatoms. The van der Waals surface area contributed by atoms with Crippen LogP contribution in [-0.4, -0.2) is 94.5 Å². The maximum Gasteiger partial charge on any atom is 0.338 e. The Labute approximate surface area is 245 Å². The van der Waals surface area contributed by atoms with Crippen LogP contribution in [0.3, 0.4) is 0 Å². The zero-order valence-corrected chi connectivity index (χ0v) is 24.4. The van der Waals surface area contributed by atoms with Crippen molar-refractivity contribution < 1.29 is 37.7 Å². The predicted octanol–water partition coefficient (Wildman–Crippen LogP) is 4.84. The van der Waals surface area contributed by atoms with Crippen LogP contribution in [0.1, 0.15) is 52.8 Å². The molecule has 3 atom stereocenters. The van der Waals surface area contributed by atoms with Crippen molar-refractivity contribution in [1.29, 1.82) is 0 Å². The maximum absolute atomic E-state index is 13.6. The Morgan fingerprint density at radius 1 is 0.902 bits per heavy atom. The average molecular weight is 593 g/mol. The standard InChI is InChI=1S/C30H38ClFN2O7/c1-37-26-19-22-20-27(28(26)38-2)39-16-3-6-23(41-30(36)21-7-8-25(32)24(31)18-21)9-13-34-11-4-10-33(14-15-34)12-5-17-40-29(22)35/h7-8,18-20,23H,3-6,9-17H2,1-2H3. The van der Waals surface area contributed by atoms with Gasteiger partial charge in [-0.25, -0.2) is 14.0 Å². The summed E-state index contributed by atoms with van der Waals surface area (Å²) in [4.78, 5) is 30.5. The fraction of sp³-hybridized carbons (Fsp3) is 0.533. The van der Waals surface area contributed by atoms with E-state index in [0.29, 0.717) is 48.7 Å². The third-order valence-corrected chi connectivity index (χ3v) is 7.63. The minimum Gasteiger partial charge on any atom is -0.493 e. The highest BCUT2D eigenvalue weighted by atomic mass is 35.5. The van der Waals surface area contributed by atoms with Gasteiger partial charge in [0.25, 0.3) is 0 Å². The van der Waals surface area contributed by atoms with Crippen LogP contribution in [0.25, 0.3) is 0 Å². The summed E-state index contributed by atoms with van der Waals surface area (Å²) in [6, 6.07) is 6.99. The Balaban J connectivity index is 1.51. The van der Waals surface area contributed by atoms with Gasteiger partial charge in [-0.3, -0.25) is 0 Å². The molecule has 0 spiro atoms. The molecule has 2 aromatic rings. The van der Waals surface area contributed by atoms with Gasteiger partial charge in [0.2, 0.25) is 5.75 Å². The lowest BCUT2D eigenvalue weighted by Gasteiger charge is -2.24. The van der Waals surface area contributed by atoms with Crippen molar-refractivity contribution in [3.8, 4) is 17.2 Å². The average Bonchev–Trinajstić information content (AvgIpc) is 3.21. The maximum atomic E-state index is 13.6. The third kappa shape index (κ3) is 8.70. The van der Waals surface area contributed by atoms with Gasteiger partial charge in [0.15, 0.2) is 11.5 Å². The minimum atomic E-state index is -0.591. The Kier molecular flexibility index (Phi) is 11.5. The van der Waals surface area contributed by atoms with Crippen LogP contribution in [0.4, 0.5) is 4.39 Å². The molecule has 2 aliphatic rings. The topological polar surface area (TPSA) is 86.8 Å². The summed E-state index contributed by atoms with van der Waals surface area (Å²) in [7, 11) is 3.00. The van der Waals surface area contributed by atoms with Gasteiger partial charge in [-0.2, -0.15) is 0 Å². The number of hydrogen-bond donors (Lipinski definition) is 0. The first-order valence-corrected chi connectivity index (χ1v) is 14.4. The van der Waals surface area contributed by atoms with Crippen molar-refractivity contribution >= 4 is 23.5 Å². The first-order valence-electron chi connectivity index (χ1n) is 14.0. The number of carbonyl (C=O) groups excluding carboxylic acids is 2. The van der Waals surface area contributed by atoms with E-state index >= 15 is 0 Å². The molecule has 41 heavy (non-hydrogen) atoms. The molecule has 0 N–H and O–H groups in total. The van der Waals surface area contributed by atoms with Gasteiger partial charge < -0.3 is 33.5 Å².